The van der Waals surface area contributed by atoms with Gasteiger partial charge < -0.3 is 4.74 Å². The second-order valence-electron chi connectivity index (χ2n) is 3.14. The normalized spacial score (nSPS) is 9.81. The Kier molecular flexibility index (Phi) is 2.91. The van der Waals surface area contributed by atoms with Gasteiger partial charge in [0.1, 0.15) is 11.9 Å². The van der Waals surface area contributed by atoms with Gasteiger partial charge in [-0.05, 0) is 0 Å². The first-order valence-electron chi connectivity index (χ1n) is 4.76. The number of hydrogen-bond acceptors (Lipinski definition) is 4. The van der Waals surface area contributed by atoms with E-state index >= 15 is 0 Å². The molecule has 0 fully saturated rings. The van der Waals surface area contributed by atoms with E-state index in [0.717, 1.165) is 5.56 Å². The average molecular weight is 214 g/mol. The Labute approximate surface area is 92.9 Å². The molecule has 0 bridgehead atoms. The first kappa shape index (κ1) is 10.3. The standard InChI is InChI=1S/C12H10N2O2/c1-16-12(15)10-7-13-8-14-11(10)9-5-3-2-4-6-9/h2-8H,1H3. The van der Waals surface area contributed by atoms with E-state index in [-0.39, 0.29) is 0 Å². The van der Waals surface area contributed by atoms with Gasteiger partial charge in [-0.25, -0.2) is 14.8 Å². The van der Waals surface area contributed by atoms with Crippen molar-refractivity contribution in [2.45, 2.75) is 0 Å². The molecule has 0 aliphatic heterocycles. The van der Waals surface area contributed by atoms with Crippen molar-refractivity contribution in [1.29, 1.82) is 0 Å². The van der Waals surface area contributed by atoms with E-state index < -0.39 is 5.97 Å². The summed E-state index contributed by atoms with van der Waals surface area (Å²) in [6, 6.07) is 9.45. The molecule has 4 nitrogen and oxygen atoms in total. The molecule has 1 heterocycles. The van der Waals surface area contributed by atoms with E-state index in [1.54, 1.807) is 0 Å². The van der Waals surface area contributed by atoms with Gasteiger partial charge >= 0.3 is 5.97 Å². The lowest BCUT2D eigenvalue weighted by Crippen LogP contribution is -2.05. The van der Waals surface area contributed by atoms with Gasteiger partial charge in [-0.3, -0.25) is 0 Å². The summed E-state index contributed by atoms with van der Waals surface area (Å²) in [4.78, 5) is 19.4. The first-order chi connectivity index (χ1) is 7.83. The number of esters is 1. The van der Waals surface area contributed by atoms with Crippen LogP contribution in [0.5, 0.6) is 0 Å². The Hall–Kier alpha value is -2.23. The van der Waals surface area contributed by atoms with E-state index in [2.05, 4.69) is 14.7 Å². The lowest BCUT2D eigenvalue weighted by Gasteiger charge is -2.05. The van der Waals surface area contributed by atoms with Gasteiger partial charge in [-0.15, -0.1) is 0 Å². The number of methoxy groups -OCH3 is 1. The molecule has 0 atom stereocenters. The lowest BCUT2D eigenvalue weighted by atomic mass is 10.1. The Morgan fingerprint density at radius 2 is 2.00 bits per heavy atom. The molecule has 0 N–H and O–H groups in total. The van der Waals surface area contributed by atoms with Crippen LogP contribution in [0.15, 0.2) is 42.9 Å². The Morgan fingerprint density at radius 1 is 1.25 bits per heavy atom. The zero-order chi connectivity index (χ0) is 11.4. The fourth-order valence-corrected chi connectivity index (χ4v) is 1.42. The third-order valence-corrected chi connectivity index (χ3v) is 2.16. The van der Waals surface area contributed by atoms with Crippen LogP contribution in [0.25, 0.3) is 11.3 Å². The molecule has 80 valence electrons. The summed E-state index contributed by atoms with van der Waals surface area (Å²) in [6.45, 7) is 0. The number of rotatable bonds is 2. The highest BCUT2D eigenvalue weighted by Gasteiger charge is 2.14. The molecule has 1 aromatic heterocycles. The molecule has 0 aliphatic carbocycles. The molecule has 0 aliphatic rings. The summed E-state index contributed by atoms with van der Waals surface area (Å²) in [6.07, 6.45) is 2.87. The molecule has 0 unspecified atom stereocenters. The summed E-state index contributed by atoms with van der Waals surface area (Å²) in [5.74, 6) is -0.431. The van der Waals surface area contributed by atoms with Gasteiger partial charge in [-0.2, -0.15) is 0 Å². The van der Waals surface area contributed by atoms with E-state index in [4.69, 9.17) is 0 Å². The fraction of sp³-hybridized carbons (Fsp3) is 0.0833. The minimum atomic E-state index is -0.431. The molecule has 4 heteroatoms. The Balaban J connectivity index is 2.53. The zero-order valence-corrected chi connectivity index (χ0v) is 8.75. The lowest BCUT2D eigenvalue weighted by molar-refractivity contribution is 0.0600. The van der Waals surface area contributed by atoms with Gasteiger partial charge in [0, 0.05) is 11.8 Å². The number of benzene rings is 1. The van der Waals surface area contributed by atoms with Crippen molar-refractivity contribution in [2.24, 2.45) is 0 Å². The highest BCUT2D eigenvalue weighted by molar-refractivity contribution is 5.95. The minimum absolute atomic E-state index is 0.371. The van der Waals surface area contributed by atoms with Crippen LogP contribution in [0.3, 0.4) is 0 Å². The van der Waals surface area contributed by atoms with Crippen LogP contribution in [0.2, 0.25) is 0 Å². The molecule has 0 saturated carbocycles. The highest BCUT2D eigenvalue weighted by atomic mass is 16.5. The number of aromatic nitrogens is 2. The number of hydrogen-bond donors (Lipinski definition) is 0. The van der Waals surface area contributed by atoms with Gasteiger partial charge in [0.15, 0.2) is 0 Å². The van der Waals surface area contributed by atoms with Gasteiger partial charge in [-0.1, -0.05) is 30.3 Å². The molecule has 16 heavy (non-hydrogen) atoms. The number of carbonyl (C=O) groups is 1. The van der Waals surface area contributed by atoms with Crippen LogP contribution in [-0.4, -0.2) is 23.0 Å². The first-order valence-corrected chi connectivity index (χ1v) is 4.76. The van der Waals surface area contributed by atoms with Crippen molar-refractivity contribution >= 4 is 5.97 Å². The smallest absolute Gasteiger partial charge is 0.341 e. The summed E-state index contributed by atoms with van der Waals surface area (Å²) in [5, 5.41) is 0. The summed E-state index contributed by atoms with van der Waals surface area (Å²) >= 11 is 0. The second kappa shape index (κ2) is 4.53. The molecule has 2 aromatic rings. The maximum Gasteiger partial charge on any atom is 0.341 e. The van der Waals surface area contributed by atoms with Crippen molar-refractivity contribution in [1.82, 2.24) is 9.97 Å². The van der Waals surface area contributed by atoms with Crippen molar-refractivity contribution in [3.63, 3.8) is 0 Å². The van der Waals surface area contributed by atoms with Crippen LogP contribution < -0.4 is 0 Å². The Morgan fingerprint density at radius 3 is 2.69 bits per heavy atom. The van der Waals surface area contributed by atoms with Gasteiger partial charge in [0.2, 0.25) is 0 Å². The van der Waals surface area contributed by atoms with E-state index in [1.807, 2.05) is 30.3 Å². The van der Waals surface area contributed by atoms with Crippen molar-refractivity contribution in [3.05, 3.63) is 48.4 Å². The minimum Gasteiger partial charge on any atom is -0.465 e. The molecule has 0 amide bonds. The molecular weight excluding hydrogens is 204 g/mol. The zero-order valence-electron chi connectivity index (χ0n) is 8.75. The number of carbonyl (C=O) groups excluding carboxylic acids is 1. The third-order valence-electron chi connectivity index (χ3n) is 2.16. The average Bonchev–Trinajstić information content (AvgIpc) is 2.39. The predicted molar refractivity (Wildman–Crippen MR) is 58.8 cm³/mol. The molecule has 0 radical (unpaired) electrons. The Bertz CT molecular complexity index is 497. The number of ether oxygens (including phenoxy) is 1. The maximum atomic E-state index is 11.5. The monoisotopic (exact) mass is 214 g/mol. The maximum absolute atomic E-state index is 11.5. The van der Waals surface area contributed by atoms with Crippen LogP contribution in [0, 0.1) is 0 Å². The molecule has 0 saturated heterocycles. The molecule has 1 aromatic carbocycles. The largest absolute Gasteiger partial charge is 0.465 e. The van der Waals surface area contributed by atoms with Gasteiger partial charge in [0.25, 0.3) is 0 Å². The summed E-state index contributed by atoms with van der Waals surface area (Å²) in [7, 11) is 1.34. The summed E-state index contributed by atoms with van der Waals surface area (Å²) in [5.41, 5.74) is 1.82. The SMILES string of the molecule is COC(=O)c1cncnc1-c1ccccc1. The van der Waals surface area contributed by atoms with Crippen LogP contribution in [-0.2, 0) is 4.74 Å². The van der Waals surface area contributed by atoms with E-state index in [9.17, 15) is 4.79 Å². The molecular formula is C12H10N2O2. The summed E-state index contributed by atoms with van der Waals surface area (Å²) < 4.78 is 4.68. The fourth-order valence-electron chi connectivity index (χ4n) is 1.42. The van der Waals surface area contributed by atoms with Crippen molar-refractivity contribution < 1.29 is 9.53 Å². The molecule has 0 spiro atoms. The second-order valence-corrected chi connectivity index (χ2v) is 3.14. The highest BCUT2D eigenvalue weighted by Crippen LogP contribution is 2.20. The van der Waals surface area contributed by atoms with Crippen molar-refractivity contribution in [3.8, 4) is 11.3 Å². The topological polar surface area (TPSA) is 52.1 Å². The number of nitrogens with zero attached hydrogens (tertiary/aromatic N) is 2. The quantitative estimate of drug-likeness (QED) is 0.717. The van der Waals surface area contributed by atoms with Gasteiger partial charge in [0.05, 0.1) is 12.8 Å². The van der Waals surface area contributed by atoms with Crippen LogP contribution >= 0.6 is 0 Å². The molecule has 2 rings (SSSR count). The predicted octanol–water partition coefficient (Wildman–Crippen LogP) is 1.93. The van der Waals surface area contributed by atoms with Crippen LogP contribution in [0.4, 0.5) is 0 Å². The van der Waals surface area contributed by atoms with E-state index in [0.29, 0.717) is 11.3 Å². The van der Waals surface area contributed by atoms with Crippen molar-refractivity contribution in [2.75, 3.05) is 7.11 Å². The third kappa shape index (κ3) is 1.91. The van der Waals surface area contributed by atoms with E-state index in [1.165, 1.54) is 19.6 Å². The van der Waals surface area contributed by atoms with Crippen LogP contribution in [0.1, 0.15) is 10.4 Å².